The van der Waals surface area contributed by atoms with Crippen molar-refractivity contribution in [2.75, 3.05) is 38.4 Å². The molecule has 2 rings (SSSR count). The molecule has 0 aliphatic rings. The van der Waals surface area contributed by atoms with Crippen LogP contribution in [0.1, 0.15) is 13.8 Å². The lowest BCUT2D eigenvalue weighted by molar-refractivity contribution is -0.113. The van der Waals surface area contributed by atoms with E-state index in [1.807, 2.05) is 12.1 Å². The Balaban J connectivity index is 1.98. The molecule has 0 heterocycles. The molecule has 0 atom stereocenters. The fraction of sp³-hybridized carbons (Fsp3) is 0.350. The van der Waals surface area contributed by atoms with Crippen LogP contribution in [0.15, 0.2) is 52.3 Å². The normalized spacial score (nSPS) is 11.3. The Hall–Kier alpha value is -2.23. The SMILES string of the molecule is CCN(CC)S(=O)(=O)c1ccc(NC(=O)CSc2ccc(OC)c(OC)c2)cc1. The molecular formula is C20H26N2O5S2. The topological polar surface area (TPSA) is 84.9 Å². The zero-order valence-corrected chi connectivity index (χ0v) is 18.6. The summed E-state index contributed by atoms with van der Waals surface area (Å²) in [7, 11) is -0.386. The summed E-state index contributed by atoms with van der Waals surface area (Å²) in [6, 6.07) is 11.6. The van der Waals surface area contributed by atoms with E-state index in [-0.39, 0.29) is 16.6 Å². The molecule has 158 valence electrons. The quantitative estimate of drug-likeness (QED) is 0.572. The van der Waals surface area contributed by atoms with Crippen LogP contribution in [0.3, 0.4) is 0 Å². The van der Waals surface area contributed by atoms with E-state index in [2.05, 4.69) is 5.32 Å². The molecule has 0 saturated heterocycles. The van der Waals surface area contributed by atoms with Crippen molar-refractivity contribution in [1.82, 2.24) is 4.31 Å². The zero-order chi connectivity index (χ0) is 21.4. The number of rotatable bonds is 10. The first-order valence-electron chi connectivity index (χ1n) is 9.10. The summed E-state index contributed by atoms with van der Waals surface area (Å²) in [5.74, 6) is 1.24. The zero-order valence-electron chi connectivity index (χ0n) is 17.0. The van der Waals surface area contributed by atoms with Crippen molar-refractivity contribution in [3.05, 3.63) is 42.5 Å². The first-order chi connectivity index (χ1) is 13.8. The highest BCUT2D eigenvalue weighted by atomic mass is 32.2. The summed E-state index contributed by atoms with van der Waals surface area (Å²) >= 11 is 1.36. The monoisotopic (exact) mass is 438 g/mol. The van der Waals surface area contributed by atoms with E-state index in [0.29, 0.717) is 30.3 Å². The first kappa shape index (κ1) is 23.1. The highest BCUT2D eigenvalue weighted by molar-refractivity contribution is 8.00. The number of nitrogens with one attached hydrogen (secondary N) is 1. The van der Waals surface area contributed by atoms with Crippen molar-refractivity contribution >= 4 is 33.4 Å². The standard InChI is InChI=1S/C20H26N2O5S2/c1-5-22(6-2)29(24,25)17-10-7-15(8-11-17)21-20(23)14-28-16-9-12-18(26-3)19(13-16)27-4/h7-13H,5-6,14H2,1-4H3,(H,21,23). The average molecular weight is 439 g/mol. The molecule has 2 aromatic rings. The van der Waals surface area contributed by atoms with Gasteiger partial charge in [0.2, 0.25) is 15.9 Å². The Morgan fingerprint density at radius 1 is 1.00 bits per heavy atom. The van der Waals surface area contributed by atoms with E-state index in [1.54, 1.807) is 46.3 Å². The molecule has 0 bridgehead atoms. The van der Waals surface area contributed by atoms with Crippen LogP contribution < -0.4 is 14.8 Å². The molecule has 0 radical (unpaired) electrons. The molecule has 0 spiro atoms. The van der Waals surface area contributed by atoms with Gasteiger partial charge in [-0.25, -0.2) is 8.42 Å². The second-order valence-corrected chi connectivity index (χ2v) is 8.95. The Kier molecular flexibility index (Phi) is 8.36. The van der Waals surface area contributed by atoms with Crippen LogP contribution >= 0.6 is 11.8 Å². The van der Waals surface area contributed by atoms with Gasteiger partial charge in [-0.05, 0) is 42.5 Å². The van der Waals surface area contributed by atoms with E-state index in [1.165, 1.54) is 28.2 Å². The van der Waals surface area contributed by atoms with Crippen molar-refractivity contribution < 1.29 is 22.7 Å². The number of anilines is 1. The maximum Gasteiger partial charge on any atom is 0.243 e. The Bertz CT molecular complexity index is 926. The van der Waals surface area contributed by atoms with Crippen LogP contribution in [0, 0.1) is 0 Å². The maximum absolute atomic E-state index is 12.5. The van der Waals surface area contributed by atoms with Gasteiger partial charge in [-0.1, -0.05) is 13.8 Å². The van der Waals surface area contributed by atoms with Gasteiger partial charge < -0.3 is 14.8 Å². The molecule has 7 nitrogen and oxygen atoms in total. The minimum absolute atomic E-state index is 0.191. The number of benzene rings is 2. The molecule has 0 fully saturated rings. The van der Waals surface area contributed by atoms with E-state index >= 15 is 0 Å². The molecule has 0 saturated carbocycles. The molecular weight excluding hydrogens is 412 g/mol. The average Bonchev–Trinajstić information content (AvgIpc) is 2.73. The van der Waals surface area contributed by atoms with Gasteiger partial charge in [0.15, 0.2) is 11.5 Å². The van der Waals surface area contributed by atoms with Gasteiger partial charge >= 0.3 is 0 Å². The van der Waals surface area contributed by atoms with Gasteiger partial charge in [0.05, 0.1) is 24.9 Å². The molecule has 0 unspecified atom stereocenters. The van der Waals surface area contributed by atoms with Crippen LogP contribution in [-0.2, 0) is 14.8 Å². The van der Waals surface area contributed by atoms with Gasteiger partial charge in [0.1, 0.15) is 0 Å². The predicted octanol–water partition coefficient (Wildman–Crippen LogP) is 3.47. The number of amides is 1. The number of carbonyl (C=O) groups excluding carboxylic acids is 1. The van der Waals surface area contributed by atoms with E-state index in [9.17, 15) is 13.2 Å². The number of hydrogen-bond acceptors (Lipinski definition) is 6. The summed E-state index contributed by atoms with van der Waals surface area (Å²) in [6.07, 6.45) is 0. The number of methoxy groups -OCH3 is 2. The second-order valence-electron chi connectivity index (χ2n) is 5.97. The van der Waals surface area contributed by atoms with Crippen molar-refractivity contribution in [2.24, 2.45) is 0 Å². The fourth-order valence-corrected chi connectivity index (χ4v) is 4.86. The van der Waals surface area contributed by atoms with Gasteiger partial charge in [0.25, 0.3) is 0 Å². The molecule has 1 N–H and O–H groups in total. The highest BCUT2D eigenvalue weighted by Gasteiger charge is 2.21. The van der Waals surface area contributed by atoms with Gasteiger partial charge in [0, 0.05) is 23.7 Å². The minimum atomic E-state index is -3.51. The molecule has 29 heavy (non-hydrogen) atoms. The number of carbonyl (C=O) groups is 1. The maximum atomic E-state index is 12.5. The summed E-state index contributed by atoms with van der Waals surface area (Å²) < 4.78 is 36.9. The van der Waals surface area contributed by atoms with Crippen LogP contribution in [0.2, 0.25) is 0 Å². The Morgan fingerprint density at radius 2 is 1.62 bits per heavy atom. The van der Waals surface area contributed by atoms with Crippen LogP contribution in [0.25, 0.3) is 0 Å². The smallest absolute Gasteiger partial charge is 0.243 e. The minimum Gasteiger partial charge on any atom is -0.493 e. The highest BCUT2D eigenvalue weighted by Crippen LogP contribution is 2.31. The van der Waals surface area contributed by atoms with E-state index in [4.69, 9.17) is 9.47 Å². The number of nitrogens with zero attached hydrogens (tertiary/aromatic N) is 1. The number of hydrogen-bond donors (Lipinski definition) is 1. The van der Waals surface area contributed by atoms with Crippen LogP contribution in [-0.4, -0.2) is 51.7 Å². The lowest BCUT2D eigenvalue weighted by atomic mass is 10.3. The number of ether oxygens (including phenoxy) is 2. The lowest BCUT2D eigenvalue weighted by Crippen LogP contribution is -2.30. The summed E-state index contributed by atoms with van der Waals surface area (Å²) in [6.45, 7) is 4.41. The van der Waals surface area contributed by atoms with Crippen molar-refractivity contribution in [3.8, 4) is 11.5 Å². The van der Waals surface area contributed by atoms with E-state index in [0.717, 1.165) is 4.90 Å². The van der Waals surface area contributed by atoms with Crippen LogP contribution in [0.5, 0.6) is 11.5 Å². The van der Waals surface area contributed by atoms with Crippen molar-refractivity contribution in [1.29, 1.82) is 0 Å². The Labute approximate surface area is 176 Å². The molecule has 2 aromatic carbocycles. The number of sulfonamides is 1. The van der Waals surface area contributed by atoms with Gasteiger partial charge in [-0.15, -0.1) is 11.8 Å². The lowest BCUT2D eigenvalue weighted by Gasteiger charge is -2.18. The van der Waals surface area contributed by atoms with E-state index < -0.39 is 10.0 Å². The molecule has 0 aliphatic heterocycles. The third-order valence-corrected chi connectivity index (χ3v) is 7.26. The molecule has 1 amide bonds. The molecule has 9 heteroatoms. The first-order valence-corrected chi connectivity index (χ1v) is 11.5. The van der Waals surface area contributed by atoms with Crippen LogP contribution in [0.4, 0.5) is 5.69 Å². The molecule has 0 aromatic heterocycles. The third-order valence-electron chi connectivity index (χ3n) is 4.21. The van der Waals surface area contributed by atoms with Crippen molar-refractivity contribution in [2.45, 2.75) is 23.6 Å². The van der Waals surface area contributed by atoms with Gasteiger partial charge in [-0.3, -0.25) is 4.79 Å². The summed E-state index contributed by atoms with van der Waals surface area (Å²) in [5.41, 5.74) is 0.543. The number of thioether (sulfide) groups is 1. The Morgan fingerprint density at radius 3 is 2.17 bits per heavy atom. The summed E-state index contributed by atoms with van der Waals surface area (Å²) in [4.78, 5) is 13.3. The van der Waals surface area contributed by atoms with Gasteiger partial charge in [-0.2, -0.15) is 4.31 Å². The fourth-order valence-electron chi connectivity index (χ4n) is 2.68. The molecule has 0 aliphatic carbocycles. The third kappa shape index (κ3) is 5.88. The second kappa shape index (κ2) is 10.5. The largest absolute Gasteiger partial charge is 0.493 e. The summed E-state index contributed by atoms with van der Waals surface area (Å²) in [5, 5.41) is 2.78. The predicted molar refractivity (Wildman–Crippen MR) is 115 cm³/mol. The van der Waals surface area contributed by atoms with Crippen molar-refractivity contribution in [3.63, 3.8) is 0 Å².